The van der Waals surface area contributed by atoms with Gasteiger partial charge < -0.3 is 14.2 Å². The number of hydrogen-bond acceptors (Lipinski definition) is 6. The van der Waals surface area contributed by atoms with Gasteiger partial charge in [-0.3, -0.25) is 9.62 Å². The quantitative estimate of drug-likeness (QED) is 0.879. The maximum atomic E-state index is 12.6. The number of cyclic esters (lactones) is 1. The van der Waals surface area contributed by atoms with Crippen molar-refractivity contribution in [2.24, 2.45) is 0 Å². The Bertz CT molecular complexity index is 942. The molecule has 0 bridgehead atoms. The van der Waals surface area contributed by atoms with E-state index in [0.29, 0.717) is 49.2 Å². The summed E-state index contributed by atoms with van der Waals surface area (Å²) < 4.78 is 43.4. The topological polar surface area (TPSA) is 94.2 Å². The SMILES string of the molecule is O=C1OCCN1c1ccc(S(=O)(=O)Nc2ccc3c(c2)OCCO3)cc1. The Labute approximate surface area is 150 Å². The van der Waals surface area contributed by atoms with E-state index in [-0.39, 0.29) is 4.90 Å². The molecule has 0 atom stereocenters. The van der Waals surface area contributed by atoms with Crippen molar-refractivity contribution in [2.75, 3.05) is 36.0 Å². The highest BCUT2D eigenvalue weighted by Crippen LogP contribution is 2.33. The number of anilines is 2. The molecule has 2 aliphatic heterocycles. The van der Waals surface area contributed by atoms with Gasteiger partial charge in [-0.1, -0.05) is 0 Å². The fraction of sp³-hybridized carbons (Fsp3) is 0.235. The van der Waals surface area contributed by atoms with Crippen LogP contribution in [0.3, 0.4) is 0 Å². The van der Waals surface area contributed by atoms with Gasteiger partial charge in [0.05, 0.1) is 17.1 Å². The summed E-state index contributed by atoms with van der Waals surface area (Å²) in [6.07, 6.45) is -0.435. The number of fused-ring (bicyclic) bond motifs is 1. The summed E-state index contributed by atoms with van der Waals surface area (Å²) in [7, 11) is -3.77. The number of amides is 1. The molecule has 2 aromatic carbocycles. The molecule has 0 aliphatic carbocycles. The van der Waals surface area contributed by atoms with Crippen LogP contribution in [-0.2, 0) is 14.8 Å². The number of rotatable bonds is 4. The van der Waals surface area contributed by atoms with Crippen LogP contribution >= 0.6 is 0 Å². The molecule has 0 aromatic heterocycles. The molecule has 1 N–H and O–H groups in total. The third kappa shape index (κ3) is 3.13. The first-order chi connectivity index (χ1) is 12.5. The van der Waals surface area contributed by atoms with Gasteiger partial charge in [0.15, 0.2) is 11.5 Å². The smallest absolute Gasteiger partial charge is 0.414 e. The molecule has 0 saturated carbocycles. The molecule has 4 rings (SSSR count). The Balaban J connectivity index is 1.54. The van der Waals surface area contributed by atoms with Crippen LogP contribution in [0.4, 0.5) is 16.2 Å². The van der Waals surface area contributed by atoms with Crippen molar-refractivity contribution >= 4 is 27.5 Å². The van der Waals surface area contributed by atoms with Gasteiger partial charge in [0, 0.05) is 11.8 Å². The average Bonchev–Trinajstić information content (AvgIpc) is 3.07. The van der Waals surface area contributed by atoms with Crippen molar-refractivity contribution in [1.82, 2.24) is 0 Å². The zero-order valence-corrected chi connectivity index (χ0v) is 14.5. The average molecular weight is 376 g/mol. The Morgan fingerprint density at radius 3 is 2.31 bits per heavy atom. The minimum absolute atomic E-state index is 0.0868. The molecule has 0 unspecified atom stereocenters. The minimum Gasteiger partial charge on any atom is -0.486 e. The van der Waals surface area contributed by atoms with Crippen molar-refractivity contribution in [2.45, 2.75) is 4.90 Å². The number of sulfonamides is 1. The van der Waals surface area contributed by atoms with Crippen molar-refractivity contribution < 1.29 is 27.4 Å². The van der Waals surface area contributed by atoms with E-state index in [1.54, 1.807) is 30.3 Å². The van der Waals surface area contributed by atoms with Crippen molar-refractivity contribution in [3.63, 3.8) is 0 Å². The number of nitrogens with one attached hydrogen (secondary N) is 1. The van der Waals surface area contributed by atoms with Gasteiger partial charge in [-0.25, -0.2) is 13.2 Å². The maximum Gasteiger partial charge on any atom is 0.414 e. The zero-order chi connectivity index (χ0) is 18.1. The van der Waals surface area contributed by atoms with E-state index in [9.17, 15) is 13.2 Å². The first-order valence-electron chi connectivity index (χ1n) is 8.00. The van der Waals surface area contributed by atoms with Gasteiger partial charge in [0.2, 0.25) is 0 Å². The van der Waals surface area contributed by atoms with Crippen LogP contribution in [0.1, 0.15) is 0 Å². The van der Waals surface area contributed by atoms with Crippen LogP contribution in [0.25, 0.3) is 0 Å². The number of carbonyl (C=O) groups is 1. The number of benzene rings is 2. The predicted octanol–water partition coefficient (Wildman–Crippen LogP) is 2.22. The van der Waals surface area contributed by atoms with Crippen LogP contribution < -0.4 is 19.1 Å². The molecule has 26 heavy (non-hydrogen) atoms. The highest BCUT2D eigenvalue weighted by molar-refractivity contribution is 7.92. The van der Waals surface area contributed by atoms with E-state index in [4.69, 9.17) is 14.2 Å². The molecule has 2 aliphatic rings. The van der Waals surface area contributed by atoms with Gasteiger partial charge >= 0.3 is 6.09 Å². The van der Waals surface area contributed by atoms with E-state index >= 15 is 0 Å². The molecule has 8 nitrogen and oxygen atoms in total. The molecular formula is C17H16N2O6S. The highest BCUT2D eigenvalue weighted by atomic mass is 32.2. The first-order valence-corrected chi connectivity index (χ1v) is 9.48. The molecule has 0 spiro atoms. The lowest BCUT2D eigenvalue weighted by atomic mass is 10.3. The fourth-order valence-electron chi connectivity index (χ4n) is 2.75. The largest absolute Gasteiger partial charge is 0.486 e. The predicted molar refractivity (Wildman–Crippen MR) is 93.4 cm³/mol. The second-order valence-electron chi connectivity index (χ2n) is 5.72. The Hall–Kier alpha value is -2.94. The molecule has 136 valence electrons. The number of nitrogens with zero attached hydrogens (tertiary/aromatic N) is 1. The Morgan fingerprint density at radius 2 is 1.62 bits per heavy atom. The molecule has 9 heteroatoms. The Morgan fingerprint density at radius 1 is 0.885 bits per heavy atom. The second-order valence-corrected chi connectivity index (χ2v) is 7.41. The molecule has 1 saturated heterocycles. The van der Waals surface area contributed by atoms with Crippen LogP contribution in [0, 0.1) is 0 Å². The van der Waals surface area contributed by atoms with Gasteiger partial charge in [-0.15, -0.1) is 0 Å². The molecule has 2 heterocycles. The van der Waals surface area contributed by atoms with Crippen molar-refractivity contribution in [1.29, 1.82) is 0 Å². The summed E-state index contributed by atoms with van der Waals surface area (Å²) in [5.41, 5.74) is 0.965. The normalized spacial score (nSPS) is 16.3. The third-order valence-corrected chi connectivity index (χ3v) is 5.41. The van der Waals surface area contributed by atoms with Crippen molar-refractivity contribution in [3.05, 3.63) is 42.5 Å². The molecular weight excluding hydrogens is 360 g/mol. The first kappa shape index (κ1) is 16.5. The zero-order valence-electron chi connectivity index (χ0n) is 13.7. The highest BCUT2D eigenvalue weighted by Gasteiger charge is 2.24. The lowest BCUT2D eigenvalue weighted by Gasteiger charge is -2.19. The van der Waals surface area contributed by atoms with E-state index in [1.807, 2.05) is 0 Å². The van der Waals surface area contributed by atoms with Crippen LogP contribution in [0.5, 0.6) is 11.5 Å². The molecule has 2 aromatic rings. The van der Waals surface area contributed by atoms with Gasteiger partial charge in [-0.05, 0) is 36.4 Å². The molecule has 1 amide bonds. The van der Waals surface area contributed by atoms with E-state index < -0.39 is 16.1 Å². The third-order valence-electron chi connectivity index (χ3n) is 4.01. The van der Waals surface area contributed by atoms with E-state index in [1.165, 1.54) is 17.0 Å². The Kier molecular flexibility index (Phi) is 4.08. The summed E-state index contributed by atoms with van der Waals surface area (Å²) in [4.78, 5) is 13.1. The maximum absolute atomic E-state index is 12.6. The summed E-state index contributed by atoms with van der Waals surface area (Å²) in [5, 5.41) is 0. The fourth-order valence-corrected chi connectivity index (χ4v) is 3.80. The standard InChI is InChI=1S/C17H16N2O6S/c20-17-19(7-8-25-17)13-2-4-14(5-3-13)26(21,22)18-12-1-6-15-16(11-12)24-10-9-23-15/h1-6,11,18H,7-10H2. The van der Waals surface area contributed by atoms with Crippen LogP contribution in [0.15, 0.2) is 47.4 Å². The van der Waals surface area contributed by atoms with Crippen molar-refractivity contribution in [3.8, 4) is 11.5 Å². The molecule has 1 fully saturated rings. The summed E-state index contributed by atoms with van der Waals surface area (Å²) in [5.74, 6) is 1.08. The van der Waals surface area contributed by atoms with Gasteiger partial charge in [0.25, 0.3) is 10.0 Å². The monoisotopic (exact) mass is 376 g/mol. The molecule has 0 radical (unpaired) electrons. The van der Waals surface area contributed by atoms with Gasteiger partial charge in [0.1, 0.15) is 19.8 Å². The second kappa shape index (κ2) is 6.41. The van der Waals surface area contributed by atoms with Crippen LogP contribution in [0.2, 0.25) is 0 Å². The van der Waals surface area contributed by atoms with E-state index in [0.717, 1.165) is 0 Å². The van der Waals surface area contributed by atoms with Gasteiger partial charge in [-0.2, -0.15) is 0 Å². The lowest BCUT2D eigenvalue weighted by molar-refractivity contribution is 0.171. The summed E-state index contributed by atoms with van der Waals surface area (Å²) in [6, 6.07) is 10.9. The number of ether oxygens (including phenoxy) is 3. The number of hydrogen-bond donors (Lipinski definition) is 1. The van der Waals surface area contributed by atoms with Crippen LogP contribution in [-0.4, -0.2) is 40.9 Å². The summed E-state index contributed by atoms with van der Waals surface area (Å²) >= 11 is 0. The lowest BCUT2D eigenvalue weighted by Crippen LogP contribution is -2.23. The minimum atomic E-state index is -3.77. The number of carbonyl (C=O) groups excluding carboxylic acids is 1. The summed E-state index contributed by atoms with van der Waals surface area (Å²) in [6.45, 7) is 1.66. The van der Waals surface area contributed by atoms with E-state index in [2.05, 4.69) is 4.72 Å².